The average Bonchev–Trinajstić information content (AvgIpc) is 1.25. The van der Waals surface area contributed by atoms with Gasteiger partial charge in [-0.15, -0.1) is 0 Å². The van der Waals surface area contributed by atoms with Crippen LogP contribution in [0.3, 0.4) is 0 Å². The van der Waals surface area contributed by atoms with Gasteiger partial charge in [0.2, 0.25) is 0 Å². The van der Waals surface area contributed by atoms with Gasteiger partial charge in [0.15, 0.2) is 10.1 Å². The number of aliphatic hydroxyl groups excluding tert-OH is 2. The fourth-order valence-electron chi connectivity index (χ4n) is 0. The van der Waals surface area contributed by atoms with Crippen molar-refractivity contribution >= 4 is 51.6 Å². The molecule has 0 spiro atoms. The molecule has 0 saturated carbocycles. The van der Waals surface area contributed by atoms with Crippen molar-refractivity contribution in [3.05, 3.63) is 0 Å². The van der Waals surface area contributed by atoms with Gasteiger partial charge >= 0.3 is 17.1 Å². The summed E-state index contributed by atoms with van der Waals surface area (Å²) in [5, 5.41) is 15.6. The van der Waals surface area contributed by atoms with Gasteiger partial charge in [-0.05, 0) is 24.4 Å². The first-order chi connectivity index (χ1) is 3.46. The van der Waals surface area contributed by atoms with E-state index in [4.69, 9.17) is 10.2 Å². The van der Waals surface area contributed by atoms with Gasteiger partial charge in [-0.2, -0.15) is 0 Å². The first kappa shape index (κ1) is 16.1. The molecule has 0 aromatic rings. The van der Waals surface area contributed by atoms with E-state index >= 15 is 0 Å². The second-order valence-corrected chi connectivity index (χ2v) is 2.22. The van der Waals surface area contributed by atoms with Crippen molar-refractivity contribution in [3.63, 3.8) is 0 Å². The zero-order chi connectivity index (χ0) is 7.15. The molecule has 2 nitrogen and oxygen atoms in total. The molecular formula is C4H10O2S2Se. The molecule has 0 saturated heterocycles. The number of hydrogen-bond donors (Lipinski definition) is 2. The van der Waals surface area contributed by atoms with E-state index in [1.165, 1.54) is 13.8 Å². The molecule has 0 aromatic heterocycles. The van der Waals surface area contributed by atoms with Crippen LogP contribution in [-0.4, -0.2) is 37.4 Å². The van der Waals surface area contributed by atoms with Crippen LogP contribution in [0.2, 0.25) is 0 Å². The Morgan fingerprint density at radius 1 is 1.00 bits per heavy atom. The third kappa shape index (κ3) is 3670. The molecule has 0 unspecified atom stereocenters. The molecule has 0 radical (unpaired) electrons. The summed E-state index contributed by atoms with van der Waals surface area (Å²) in [6, 6.07) is 0. The summed E-state index contributed by atoms with van der Waals surface area (Å²) < 4.78 is 0. The molecule has 2 N–H and O–H groups in total. The van der Waals surface area contributed by atoms with Crippen LogP contribution in [0.5, 0.6) is 0 Å². The summed E-state index contributed by atoms with van der Waals surface area (Å²) in [7, 11) is 0. The van der Waals surface area contributed by atoms with Crippen molar-refractivity contribution < 1.29 is 10.2 Å². The van der Waals surface area contributed by atoms with Crippen LogP contribution >= 0.6 is 24.4 Å². The number of rotatable bonds is 0. The van der Waals surface area contributed by atoms with E-state index < -0.39 is 0 Å². The standard InChI is InChI=1S/2C2H4OS.H2Se/c2*1-2(3)4;/h2*1H3,(H,3,4);1H2. The molecule has 5 heteroatoms. The fraction of sp³-hybridized carbons (Fsp3) is 0.500. The summed E-state index contributed by atoms with van der Waals surface area (Å²) in [6.45, 7) is 2.91. The molecule has 0 amide bonds. The maximum atomic E-state index is 7.79. The van der Waals surface area contributed by atoms with Crippen LogP contribution in [0, 0.1) is 0 Å². The van der Waals surface area contributed by atoms with Gasteiger partial charge in [0, 0.05) is 13.8 Å². The molecule has 0 aliphatic carbocycles. The third-order valence-corrected chi connectivity index (χ3v) is 0. The zero-order valence-electron chi connectivity index (χ0n) is 5.21. The predicted octanol–water partition coefficient (Wildman–Crippen LogP) is 0.867. The summed E-state index contributed by atoms with van der Waals surface area (Å²) in [6.07, 6.45) is 0. The van der Waals surface area contributed by atoms with Gasteiger partial charge in [0.05, 0.1) is 0 Å². The second kappa shape index (κ2) is 11.1. The molecule has 0 rings (SSSR count). The van der Waals surface area contributed by atoms with E-state index in [2.05, 4.69) is 24.4 Å². The Morgan fingerprint density at radius 3 is 1.00 bits per heavy atom. The van der Waals surface area contributed by atoms with Crippen molar-refractivity contribution in [2.24, 2.45) is 0 Å². The van der Waals surface area contributed by atoms with Gasteiger partial charge in [-0.1, -0.05) is 0 Å². The summed E-state index contributed by atoms with van der Waals surface area (Å²) in [4.78, 5) is 0. The Bertz CT molecular complexity index is 74.6. The summed E-state index contributed by atoms with van der Waals surface area (Å²) in [5.74, 6) is 0. The van der Waals surface area contributed by atoms with Crippen molar-refractivity contribution in [1.29, 1.82) is 0 Å². The van der Waals surface area contributed by atoms with Crippen molar-refractivity contribution in [3.8, 4) is 0 Å². The third-order valence-electron chi connectivity index (χ3n) is 0. The monoisotopic (exact) mass is 234 g/mol. The summed E-state index contributed by atoms with van der Waals surface area (Å²) >= 11 is 8.19. The first-order valence-electron chi connectivity index (χ1n) is 1.86. The summed E-state index contributed by atoms with van der Waals surface area (Å²) in [5.41, 5.74) is 0. The molecule has 9 heavy (non-hydrogen) atoms. The van der Waals surface area contributed by atoms with E-state index in [9.17, 15) is 0 Å². The fourth-order valence-corrected chi connectivity index (χ4v) is 0. The minimum atomic E-state index is 0. The van der Waals surface area contributed by atoms with Crippen LogP contribution in [0.15, 0.2) is 0 Å². The molecular weight excluding hydrogens is 223 g/mol. The predicted molar refractivity (Wildman–Crippen MR) is 50.3 cm³/mol. The molecule has 0 heterocycles. The van der Waals surface area contributed by atoms with Gasteiger partial charge in [0.25, 0.3) is 0 Å². The Morgan fingerprint density at radius 2 is 1.00 bits per heavy atom. The topological polar surface area (TPSA) is 40.5 Å². The van der Waals surface area contributed by atoms with Crippen LogP contribution in [0.25, 0.3) is 0 Å². The SMILES string of the molecule is CC(O)=S.CC(O)=S.[SeH2]. The van der Waals surface area contributed by atoms with E-state index in [0.717, 1.165) is 0 Å². The van der Waals surface area contributed by atoms with E-state index in [0.29, 0.717) is 0 Å². The van der Waals surface area contributed by atoms with Crippen molar-refractivity contribution in [1.82, 2.24) is 0 Å². The maximum absolute atomic E-state index is 7.79. The van der Waals surface area contributed by atoms with E-state index in [-0.39, 0.29) is 27.2 Å². The zero-order valence-corrected chi connectivity index (χ0v) is 8.94. The normalized spacial score (nSPS) is 5.56. The quantitative estimate of drug-likeness (QED) is 0.481. The number of hydrogen-bond acceptors (Lipinski definition) is 2. The number of thiocarbonyl (C=S) groups is 2. The minimum absolute atomic E-state index is 0. The Hall–Kier alpha value is 0.299. The van der Waals surface area contributed by atoms with Crippen LogP contribution in [-0.2, 0) is 0 Å². The van der Waals surface area contributed by atoms with Gasteiger partial charge in [-0.25, -0.2) is 0 Å². The molecule has 0 aliphatic rings. The van der Waals surface area contributed by atoms with Gasteiger partial charge in [0.1, 0.15) is 0 Å². The van der Waals surface area contributed by atoms with Gasteiger partial charge < -0.3 is 10.2 Å². The average molecular weight is 233 g/mol. The Kier molecular flexibility index (Phi) is 20.0. The molecule has 0 fully saturated rings. The van der Waals surface area contributed by atoms with Crippen LogP contribution in [0.4, 0.5) is 0 Å². The van der Waals surface area contributed by atoms with Gasteiger partial charge in [-0.3, -0.25) is 0 Å². The van der Waals surface area contributed by atoms with Crippen molar-refractivity contribution in [2.45, 2.75) is 13.8 Å². The van der Waals surface area contributed by atoms with Crippen LogP contribution in [0.1, 0.15) is 13.8 Å². The van der Waals surface area contributed by atoms with Crippen molar-refractivity contribution in [2.75, 3.05) is 0 Å². The molecule has 0 aromatic carbocycles. The number of aliphatic hydroxyl groups is 2. The van der Waals surface area contributed by atoms with Crippen LogP contribution < -0.4 is 0 Å². The second-order valence-electron chi connectivity index (χ2n) is 1.04. The first-order valence-corrected chi connectivity index (χ1v) is 2.67. The Labute approximate surface area is 75.7 Å². The molecule has 56 valence electrons. The van der Waals surface area contributed by atoms with E-state index in [1.54, 1.807) is 0 Å². The molecule has 0 atom stereocenters. The van der Waals surface area contributed by atoms with E-state index in [1.807, 2.05) is 0 Å². The molecule has 0 bridgehead atoms. The Balaban J connectivity index is -0.0000000720. The molecule has 0 aliphatic heterocycles.